The topological polar surface area (TPSA) is 80.0 Å². The van der Waals surface area contributed by atoms with Crippen molar-refractivity contribution in [1.29, 1.82) is 0 Å². The monoisotopic (exact) mass is 343 g/mol. The molecule has 1 aromatic carbocycles. The molecule has 1 fully saturated rings. The van der Waals surface area contributed by atoms with Crippen LogP contribution in [0.1, 0.15) is 40.1 Å². The number of carboxylic acid groups (broad SMARTS) is 1. The van der Waals surface area contributed by atoms with Crippen LogP contribution >= 0.6 is 0 Å². The second kappa shape index (κ2) is 7.01. The van der Waals surface area contributed by atoms with Crippen LogP contribution in [0.25, 0.3) is 0 Å². The zero-order valence-electron chi connectivity index (χ0n) is 14.3. The number of hydrogen-bond acceptors (Lipinski definition) is 4. The third kappa shape index (κ3) is 3.84. The van der Waals surface area contributed by atoms with Crippen LogP contribution in [0.15, 0.2) is 34.9 Å². The summed E-state index contributed by atoms with van der Waals surface area (Å²) in [6.45, 7) is 2.24. The molecule has 0 aliphatic heterocycles. The largest absolute Gasteiger partial charge is 0.497 e. The first-order valence-electron chi connectivity index (χ1n) is 8.22. The summed E-state index contributed by atoms with van der Waals surface area (Å²) >= 11 is 0. The fraction of sp³-hybridized carbons (Fsp3) is 0.368. The molecule has 0 unspecified atom stereocenters. The van der Waals surface area contributed by atoms with E-state index in [1.807, 2.05) is 29.2 Å². The molecule has 6 nitrogen and oxygen atoms in total. The number of ether oxygens (including phenoxy) is 1. The number of furan rings is 1. The van der Waals surface area contributed by atoms with Gasteiger partial charge in [-0.05, 0) is 37.5 Å². The summed E-state index contributed by atoms with van der Waals surface area (Å²) < 4.78 is 10.5. The van der Waals surface area contributed by atoms with Gasteiger partial charge < -0.3 is 19.2 Å². The number of aliphatic carboxylic acids is 1. The summed E-state index contributed by atoms with van der Waals surface area (Å²) in [7, 11) is 1.61. The fourth-order valence-electron chi connectivity index (χ4n) is 2.88. The Morgan fingerprint density at radius 1 is 1.28 bits per heavy atom. The zero-order valence-corrected chi connectivity index (χ0v) is 14.3. The van der Waals surface area contributed by atoms with Crippen LogP contribution < -0.4 is 4.74 Å². The number of carboxylic acids is 1. The van der Waals surface area contributed by atoms with Gasteiger partial charge in [0.2, 0.25) is 0 Å². The van der Waals surface area contributed by atoms with Gasteiger partial charge in [-0.3, -0.25) is 9.59 Å². The van der Waals surface area contributed by atoms with Gasteiger partial charge in [0.1, 0.15) is 17.9 Å². The van der Waals surface area contributed by atoms with Crippen molar-refractivity contribution in [3.05, 3.63) is 53.0 Å². The van der Waals surface area contributed by atoms with Crippen molar-refractivity contribution in [2.24, 2.45) is 0 Å². The number of benzene rings is 1. The van der Waals surface area contributed by atoms with Crippen LogP contribution in [0.4, 0.5) is 0 Å². The van der Waals surface area contributed by atoms with E-state index in [0.717, 1.165) is 24.2 Å². The van der Waals surface area contributed by atoms with Gasteiger partial charge in [-0.15, -0.1) is 0 Å². The molecule has 0 radical (unpaired) electrons. The summed E-state index contributed by atoms with van der Waals surface area (Å²) in [6, 6.07) is 7.79. The molecule has 132 valence electrons. The Balaban J connectivity index is 1.84. The van der Waals surface area contributed by atoms with Gasteiger partial charge in [0.25, 0.3) is 5.91 Å². The Bertz CT molecular complexity index is 774. The van der Waals surface area contributed by atoms with E-state index in [9.17, 15) is 9.59 Å². The third-order valence-electron chi connectivity index (χ3n) is 4.34. The first-order chi connectivity index (χ1) is 12.0. The van der Waals surface area contributed by atoms with E-state index in [1.165, 1.54) is 6.26 Å². The average molecular weight is 343 g/mol. The van der Waals surface area contributed by atoms with Crippen molar-refractivity contribution in [1.82, 2.24) is 4.90 Å². The number of hydrogen-bond donors (Lipinski definition) is 1. The molecule has 1 heterocycles. The molecular formula is C19H21NO5. The molecule has 1 aliphatic carbocycles. The van der Waals surface area contributed by atoms with Crippen LogP contribution in [-0.4, -0.2) is 35.0 Å². The highest BCUT2D eigenvalue weighted by atomic mass is 16.5. The van der Waals surface area contributed by atoms with E-state index < -0.39 is 5.97 Å². The maximum absolute atomic E-state index is 13.1. The standard InChI is InChI=1S/C19H21NO5/c1-12-11-25-16(9-17(21)22)18(12)19(23)20(14-5-6-14)10-13-3-7-15(24-2)8-4-13/h3-4,7-8,11,14H,5-6,9-10H2,1-2H3,(H,21,22). The minimum Gasteiger partial charge on any atom is -0.497 e. The van der Waals surface area contributed by atoms with Gasteiger partial charge >= 0.3 is 5.97 Å². The molecule has 0 bridgehead atoms. The number of carbonyl (C=O) groups excluding carboxylic acids is 1. The molecule has 1 saturated carbocycles. The highest BCUT2D eigenvalue weighted by molar-refractivity contribution is 5.97. The van der Waals surface area contributed by atoms with Crippen LogP contribution in [0, 0.1) is 6.92 Å². The summed E-state index contributed by atoms with van der Waals surface area (Å²) in [4.78, 5) is 25.9. The molecule has 0 spiro atoms. The SMILES string of the molecule is COc1ccc(CN(C(=O)c2c(C)coc2CC(=O)O)C2CC2)cc1. The number of methoxy groups -OCH3 is 1. The minimum atomic E-state index is -1.02. The van der Waals surface area contributed by atoms with Gasteiger partial charge in [0, 0.05) is 18.2 Å². The maximum atomic E-state index is 13.1. The molecule has 2 aromatic rings. The molecule has 25 heavy (non-hydrogen) atoms. The predicted octanol–water partition coefficient (Wildman–Crippen LogP) is 3.03. The highest BCUT2D eigenvalue weighted by Crippen LogP contribution is 2.32. The fourth-order valence-corrected chi connectivity index (χ4v) is 2.88. The summed E-state index contributed by atoms with van der Waals surface area (Å²) in [6.07, 6.45) is 3.08. The van der Waals surface area contributed by atoms with Crippen LogP contribution in [0.5, 0.6) is 5.75 Å². The molecule has 1 amide bonds. The van der Waals surface area contributed by atoms with Crippen LogP contribution in [0.3, 0.4) is 0 Å². The van der Waals surface area contributed by atoms with Gasteiger partial charge in [-0.2, -0.15) is 0 Å². The molecule has 1 N–H and O–H groups in total. The normalized spacial score (nSPS) is 13.5. The lowest BCUT2D eigenvalue weighted by atomic mass is 10.1. The summed E-state index contributed by atoms with van der Waals surface area (Å²) in [5.41, 5.74) is 2.05. The van der Waals surface area contributed by atoms with Crippen molar-refractivity contribution in [2.75, 3.05) is 7.11 Å². The number of amides is 1. The van der Waals surface area contributed by atoms with E-state index in [1.54, 1.807) is 14.0 Å². The summed E-state index contributed by atoms with van der Waals surface area (Å²) in [5, 5.41) is 9.03. The second-order valence-corrected chi connectivity index (χ2v) is 6.30. The Labute approximate surface area is 146 Å². The number of nitrogens with zero attached hydrogens (tertiary/aromatic N) is 1. The lowest BCUT2D eigenvalue weighted by molar-refractivity contribution is -0.136. The molecule has 1 aromatic heterocycles. The van der Waals surface area contributed by atoms with E-state index in [2.05, 4.69) is 0 Å². The molecule has 1 aliphatic rings. The van der Waals surface area contributed by atoms with Gasteiger partial charge in [0.05, 0.1) is 18.9 Å². The summed E-state index contributed by atoms with van der Waals surface area (Å²) in [5.74, 6) is -0.199. The molecule has 6 heteroatoms. The van der Waals surface area contributed by atoms with E-state index in [4.69, 9.17) is 14.3 Å². The molecule has 0 saturated heterocycles. The van der Waals surface area contributed by atoms with E-state index >= 15 is 0 Å². The molecule has 3 rings (SSSR count). The first-order valence-corrected chi connectivity index (χ1v) is 8.22. The first kappa shape index (κ1) is 17.1. The van der Waals surface area contributed by atoms with E-state index in [0.29, 0.717) is 17.7 Å². The lowest BCUT2D eigenvalue weighted by Gasteiger charge is -2.23. The van der Waals surface area contributed by atoms with Crippen molar-refractivity contribution < 1.29 is 23.8 Å². The van der Waals surface area contributed by atoms with Gasteiger partial charge in [-0.25, -0.2) is 0 Å². The Morgan fingerprint density at radius 3 is 2.52 bits per heavy atom. The van der Waals surface area contributed by atoms with Crippen LogP contribution in [-0.2, 0) is 17.8 Å². The number of carbonyl (C=O) groups is 2. The van der Waals surface area contributed by atoms with Crippen molar-refractivity contribution >= 4 is 11.9 Å². The van der Waals surface area contributed by atoms with Crippen molar-refractivity contribution in [3.8, 4) is 5.75 Å². The quantitative estimate of drug-likeness (QED) is 0.836. The minimum absolute atomic E-state index is 0.166. The Morgan fingerprint density at radius 2 is 1.96 bits per heavy atom. The molecular weight excluding hydrogens is 322 g/mol. The number of rotatable bonds is 7. The molecule has 0 atom stereocenters. The second-order valence-electron chi connectivity index (χ2n) is 6.30. The van der Waals surface area contributed by atoms with Crippen LogP contribution in [0.2, 0.25) is 0 Å². The number of aryl methyl sites for hydroxylation is 1. The lowest BCUT2D eigenvalue weighted by Crippen LogP contribution is -2.33. The maximum Gasteiger partial charge on any atom is 0.311 e. The van der Waals surface area contributed by atoms with Gasteiger partial charge in [-0.1, -0.05) is 12.1 Å². The Kier molecular flexibility index (Phi) is 4.79. The van der Waals surface area contributed by atoms with E-state index in [-0.39, 0.29) is 24.1 Å². The zero-order chi connectivity index (χ0) is 18.0. The van der Waals surface area contributed by atoms with Crippen molar-refractivity contribution in [3.63, 3.8) is 0 Å². The highest BCUT2D eigenvalue weighted by Gasteiger charge is 2.35. The smallest absolute Gasteiger partial charge is 0.311 e. The third-order valence-corrected chi connectivity index (χ3v) is 4.34. The predicted molar refractivity (Wildman–Crippen MR) is 90.7 cm³/mol. The van der Waals surface area contributed by atoms with Crippen molar-refractivity contribution in [2.45, 2.75) is 38.8 Å². The Hall–Kier alpha value is -2.76. The van der Waals surface area contributed by atoms with Gasteiger partial charge in [0.15, 0.2) is 0 Å². The average Bonchev–Trinajstić information content (AvgIpc) is 3.36.